The monoisotopic (exact) mass is 717 g/mol. The lowest BCUT2D eigenvalue weighted by Crippen LogP contribution is -2.28. The molecule has 290 valence electrons. The number of hydrogen-bond acceptors (Lipinski definition) is 5. The summed E-state index contributed by atoms with van der Waals surface area (Å²) in [7, 11) is 0. The lowest BCUT2D eigenvalue weighted by atomic mass is 10.1. The standard InChI is InChI=1S/C47H72O5/c1-3-5-7-9-11-13-15-17-18-19-20-21-22-23-24-25-26-27-28-30-32-34-36-38-40-42-47(50)52-45(43-48)44-51-46(49)41-39-37-35-33-31-29-16-14-12-10-8-6-4-2/h5-8,11-14,17-18,20-21,23-24,26-27,29-32,45,48H,3-4,9-10,15-16,19,22,25,28,33-44H2,1-2H3/b7-5-,8-6-,13-11-,14-12-,18-17-,21-20-,24-23-,27-26-,31-29-,32-30-. The lowest BCUT2D eigenvalue weighted by Gasteiger charge is -2.15. The van der Waals surface area contributed by atoms with Gasteiger partial charge in [-0.25, -0.2) is 0 Å². The van der Waals surface area contributed by atoms with Crippen LogP contribution in [0.5, 0.6) is 0 Å². The van der Waals surface area contributed by atoms with Crippen LogP contribution >= 0.6 is 0 Å². The Morgan fingerprint density at radius 1 is 0.442 bits per heavy atom. The van der Waals surface area contributed by atoms with Crippen LogP contribution in [0.1, 0.15) is 142 Å². The van der Waals surface area contributed by atoms with Crippen LogP contribution in [0.4, 0.5) is 0 Å². The average molecular weight is 717 g/mol. The maximum Gasteiger partial charge on any atom is 0.306 e. The molecule has 5 nitrogen and oxygen atoms in total. The molecule has 0 saturated carbocycles. The molecule has 0 aliphatic heterocycles. The largest absolute Gasteiger partial charge is 0.462 e. The Morgan fingerprint density at radius 2 is 0.769 bits per heavy atom. The molecule has 0 fully saturated rings. The number of carbonyl (C=O) groups excluding carboxylic acids is 2. The topological polar surface area (TPSA) is 72.8 Å². The van der Waals surface area contributed by atoms with Crippen LogP contribution < -0.4 is 0 Å². The molecule has 0 aromatic rings. The van der Waals surface area contributed by atoms with Crippen molar-refractivity contribution in [3.63, 3.8) is 0 Å². The second-order valence-electron chi connectivity index (χ2n) is 12.6. The van der Waals surface area contributed by atoms with E-state index in [0.29, 0.717) is 12.8 Å². The third-order valence-electron chi connectivity index (χ3n) is 7.75. The fraction of sp³-hybridized carbons (Fsp3) is 0.532. The summed E-state index contributed by atoms with van der Waals surface area (Å²) in [6, 6.07) is 0. The number of rotatable bonds is 34. The third kappa shape index (κ3) is 39.1. The Morgan fingerprint density at radius 3 is 1.12 bits per heavy atom. The summed E-state index contributed by atoms with van der Waals surface area (Å²) in [5.74, 6) is -0.679. The Balaban J connectivity index is 3.74. The number of aliphatic hydroxyl groups excluding tert-OH is 1. The van der Waals surface area contributed by atoms with E-state index in [9.17, 15) is 14.7 Å². The Hall–Kier alpha value is -3.70. The number of aliphatic hydroxyl groups is 1. The molecule has 1 atom stereocenters. The van der Waals surface area contributed by atoms with Crippen LogP contribution in [0.25, 0.3) is 0 Å². The smallest absolute Gasteiger partial charge is 0.306 e. The van der Waals surface area contributed by atoms with Gasteiger partial charge in [0.25, 0.3) is 0 Å². The minimum Gasteiger partial charge on any atom is -0.462 e. The van der Waals surface area contributed by atoms with Gasteiger partial charge in [0.05, 0.1) is 6.61 Å². The molecule has 0 aromatic carbocycles. The van der Waals surface area contributed by atoms with Crippen molar-refractivity contribution < 1.29 is 24.2 Å². The maximum atomic E-state index is 12.2. The van der Waals surface area contributed by atoms with Crippen molar-refractivity contribution in [1.29, 1.82) is 0 Å². The first-order chi connectivity index (χ1) is 25.6. The maximum absolute atomic E-state index is 12.2. The second kappa shape index (κ2) is 41.7. The van der Waals surface area contributed by atoms with Crippen molar-refractivity contribution in [2.45, 2.75) is 148 Å². The molecule has 0 rings (SSSR count). The van der Waals surface area contributed by atoms with Gasteiger partial charge >= 0.3 is 11.9 Å². The van der Waals surface area contributed by atoms with E-state index in [4.69, 9.17) is 9.47 Å². The van der Waals surface area contributed by atoms with Crippen molar-refractivity contribution in [2.75, 3.05) is 13.2 Å². The van der Waals surface area contributed by atoms with E-state index in [0.717, 1.165) is 116 Å². The molecular weight excluding hydrogens is 645 g/mol. The van der Waals surface area contributed by atoms with Crippen LogP contribution in [0.3, 0.4) is 0 Å². The summed E-state index contributed by atoms with van der Waals surface area (Å²) in [6.45, 7) is 3.82. The molecule has 0 heterocycles. The average Bonchev–Trinajstić information content (AvgIpc) is 3.15. The molecule has 5 heteroatoms. The van der Waals surface area contributed by atoms with Crippen molar-refractivity contribution in [3.05, 3.63) is 122 Å². The fourth-order valence-corrected chi connectivity index (χ4v) is 4.78. The highest BCUT2D eigenvalue weighted by Crippen LogP contribution is 2.09. The molecule has 0 amide bonds. The van der Waals surface area contributed by atoms with Crippen LogP contribution in [0.2, 0.25) is 0 Å². The highest BCUT2D eigenvalue weighted by atomic mass is 16.6. The van der Waals surface area contributed by atoms with Gasteiger partial charge in [-0.15, -0.1) is 0 Å². The van der Waals surface area contributed by atoms with E-state index in [1.165, 1.54) is 0 Å². The van der Waals surface area contributed by atoms with E-state index in [-0.39, 0.29) is 25.2 Å². The highest BCUT2D eigenvalue weighted by Gasteiger charge is 2.16. The molecule has 1 unspecified atom stereocenters. The molecule has 52 heavy (non-hydrogen) atoms. The van der Waals surface area contributed by atoms with Crippen molar-refractivity contribution >= 4 is 11.9 Å². The summed E-state index contributed by atoms with van der Waals surface area (Å²) in [6.07, 6.45) is 61.2. The van der Waals surface area contributed by atoms with E-state index < -0.39 is 6.10 Å². The van der Waals surface area contributed by atoms with Crippen molar-refractivity contribution in [3.8, 4) is 0 Å². The predicted octanol–water partition coefficient (Wildman–Crippen LogP) is 12.8. The van der Waals surface area contributed by atoms with Gasteiger partial charge in [-0.2, -0.15) is 0 Å². The first-order valence-corrected chi connectivity index (χ1v) is 20.1. The highest BCUT2D eigenvalue weighted by molar-refractivity contribution is 5.70. The number of carbonyl (C=O) groups is 2. The molecule has 0 aliphatic rings. The molecule has 0 radical (unpaired) electrons. The fourth-order valence-electron chi connectivity index (χ4n) is 4.78. The zero-order chi connectivity index (χ0) is 37.8. The first-order valence-electron chi connectivity index (χ1n) is 20.1. The van der Waals surface area contributed by atoms with E-state index >= 15 is 0 Å². The van der Waals surface area contributed by atoms with Crippen LogP contribution in [0, 0.1) is 0 Å². The van der Waals surface area contributed by atoms with Gasteiger partial charge in [-0.3, -0.25) is 9.59 Å². The van der Waals surface area contributed by atoms with Gasteiger partial charge in [0.1, 0.15) is 6.61 Å². The minimum atomic E-state index is -0.810. The number of esters is 2. The summed E-state index contributed by atoms with van der Waals surface area (Å²) in [5.41, 5.74) is 0. The van der Waals surface area contributed by atoms with Crippen molar-refractivity contribution in [1.82, 2.24) is 0 Å². The van der Waals surface area contributed by atoms with Crippen LogP contribution in [-0.2, 0) is 19.1 Å². The van der Waals surface area contributed by atoms with Gasteiger partial charge in [-0.05, 0) is 103 Å². The first kappa shape index (κ1) is 48.3. The number of hydrogen-bond donors (Lipinski definition) is 1. The molecule has 0 aliphatic carbocycles. The number of ether oxygens (including phenoxy) is 2. The molecule has 1 N–H and O–H groups in total. The molecular formula is C47H72O5. The lowest BCUT2D eigenvalue weighted by molar-refractivity contribution is -0.161. The summed E-state index contributed by atoms with van der Waals surface area (Å²) in [4.78, 5) is 24.2. The van der Waals surface area contributed by atoms with Crippen LogP contribution in [-0.4, -0.2) is 36.4 Å². The quantitative estimate of drug-likeness (QED) is 0.0408. The minimum absolute atomic E-state index is 0.104. The summed E-state index contributed by atoms with van der Waals surface area (Å²) >= 11 is 0. The molecule has 0 saturated heterocycles. The Kier molecular flexibility index (Phi) is 38.8. The van der Waals surface area contributed by atoms with Gasteiger partial charge in [0, 0.05) is 12.8 Å². The Labute approximate surface area is 318 Å². The zero-order valence-electron chi connectivity index (χ0n) is 32.8. The van der Waals surface area contributed by atoms with Gasteiger partial charge in [0.15, 0.2) is 6.10 Å². The summed E-state index contributed by atoms with van der Waals surface area (Å²) in [5, 5.41) is 9.55. The second-order valence-corrected chi connectivity index (χ2v) is 12.6. The van der Waals surface area contributed by atoms with E-state index in [1.807, 2.05) is 0 Å². The molecule has 0 spiro atoms. The van der Waals surface area contributed by atoms with E-state index in [2.05, 4.69) is 135 Å². The third-order valence-corrected chi connectivity index (χ3v) is 7.75. The van der Waals surface area contributed by atoms with Gasteiger partial charge < -0.3 is 14.6 Å². The van der Waals surface area contributed by atoms with E-state index in [1.54, 1.807) is 0 Å². The van der Waals surface area contributed by atoms with Crippen LogP contribution in [0.15, 0.2) is 122 Å². The zero-order valence-corrected chi connectivity index (χ0v) is 32.8. The van der Waals surface area contributed by atoms with Gasteiger partial charge in [0.2, 0.25) is 0 Å². The number of unbranched alkanes of at least 4 members (excludes halogenated alkanes) is 6. The Bertz CT molecular complexity index is 1130. The number of allylic oxidation sites excluding steroid dienone is 20. The van der Waals surface area contributed by atoms with Gasteiger partial charge in [-0.1, -0.05) is 148 Å². The SMILES string of the molecule is CC/C=C\C/C=C\C/C=C\C/C=C\C/C=C\C/C=C\C/C=C\CCCCCC(=O)OC(CO)COC(=O)CCCCC/C=C\C/C=C\C/C=C\CC. The van der Waals surface area contributed by atoms with Crippen molar-refractivity contribution in [2.24, 2.45) is 0 Å². The molecule has 0 bridgehead atoms. The normalized spacial score (nSPS) is 13.5. The molecule has 0 aromatic heterocycles. The predicted molar refractivity (Wildman–Crippen MR) is 223 cm³/mol. The summed E-state index contributed by atoms with van der Waals surface area (Å²) < 4.78 is 10.5.